The van der Waals surface area contributed by atoms with Crippen molar-refractivity contribution < 1.29 is 19.4 Å². The van der Waals surface area contributed by atoms with E-state index >= 15 is 0 Å². The molecule has 1 rings (SSSR count). The van der Waals surface area contributed by atoms with E-state index in [-0.39, 0.29) is 17.7 Å². The number of hydrogen-bond donors (Lipinski definition) is 1. The van der Waals surface area contributed by atoms with Crippen molar-refractivity contribution >= 4 is 11.8 Å². The van der Waals surface area contributed by atoms with Crippen LogP contribution in [0.5, 0.6) is 5.75 Å². The van der Waals surface area contributed by atoms with Gasteiger partial charge in [0.2, 0.25) is 0 Å². The minimum atomic E-state index is -0.602. The number of methoxy groups -OCH3 is 1. The number of esters is 1. The number of Topliss-reactive ketones (excluding diaryl/α,β-unsaturated/α-hetero) is 1. The van der Waals surface area contributed by atoms with Gasteiger partial charge in [-0.2, -0.15) is 0 Å². The second kappa shape index (κ2) is 5.21. The predicted octanol–water partition coefficient (Wildman–Crippen LogP) is 2.37. The van der Waals surface area contributed by atoms with Gasteiger partial charge >= 0.3 is 5.97 Å². The zero-order valence-electron chi connectivity index (χ0n) is 11.4. The maximum absolute atomic E-state index is 12.0. The third-order valence-corrected chi connectivity index (χ3v) is 3.47. The fourth-order valence-electron chi connectivity index (χ4n) is 1.93. The Morgan fingerprint density at radius 3 is 2.00 bits per heavy atom. The Morgan fingerprint density at radius 2 is 1.50 bits per heavy atom. The van der Waals surface area contributed by atoms with E-state index in [1.54, 1.807) is 13.8 Å². The molecule has 0 bridgehead atoms. The van der Waals surface area contributed by atoms with E-state index in [0.29, 0.717) is 11.1 Å². The molecular formula is C14H18O4. The lowest BCUT2D eigenvalue weighted by Gasteiger charge is -2.16. The van der Waals surface area contributed by atoms with E-state index < -0.39 is 11.8 Å². The van der Waals surface area contributed by atoms with Crippen LogP contribution < -0.4 is 0 Å². The van der Waals surface area contributed by atoms with Gasteiger partial charge in [0, 0.05) is 0 Å². The van der Waals surface area contributed by atoms with Crippen LogP contribution in [0.25, 0.3) is 0 Å². The molecule has 98 valence electrons. The van der Waals surface area contributed by atoms with Crippen LogP contribution >= 0.6 is 0 Å². The fraction of sp³-hybridized carbons (Fsp3) is 0.429. The maximum Gasteiger partial charge on any atom is 0.313 e. The molecule has 1 aromatic carbocycles. The first-order chi connectivity index (χ1) is 8.31. The Bertz CT molecular complexity index is 486. The molecule has 1 N–H and O–H groups in total. The van der Waals surface area contributed by atoms with E-state index in [1.165, 1.54) is 7.11 Å². The number of carbonyl (C=O) groups excluding carboxylic acids is 2. The van der Waals surface area contributed by atoms with Crippen LogP contribution in [-0.4, -0.2) is 24.0 Å². The quantitative estimate of drug-likeness (QED) is 0.508. The molecule has 0 atom stereocenters. The molecule has 4 nitrogen and oxygen atoms in total. The summed E-state index contributed by atoms with van der Waals surface area (Å²) in [6.45, 7) is 7.32. The van der Waals surface area contributed by atoms with Crippen molar-refractivity contribution in [2.24, 2.45) is 0 Å². The molecule has 18 heavy (non-hydrogen) atoms. The summed E-state index contributed by atoms with van der Waals surface area (Å²) in [5.41, 5.74) is 3.52. The van der Waals surface area contributed by atoms with Crippen molar-refractivity contribution in [3.8, 4) is 5.75 Å². The summed E-state index contributed by atoms with van der Waals surface area (Å²) in [6.07, 6.45) is -0.354. The monoisotopic (exact) mass is 250 g/mol. The molecule has 0 amide bonds. The highest BCUT2D eigenvalue weighted by Gasteiger charge is 2.22. The molecule has 0 saturated carbocycles. The highest BCUT2D eigenvalue weighted by molar-refractivity contribution is 6.08. The molecule has 1 aromatic rings. The van der Waals surface area contributed by atoms with E-state index in [4.69, 9.17) is 0 Å². The second-order valence-corrected chi connectivity index (χ2v) is 4.40. The zero-order chi connectivity index (χ0) is 14.0. The number of rotatable bonds is 3. The van der Waals surface area contributed by atoms with Crippen LogP contribution in [0, 0.1) is 27.7 Å². The molecule has 0 heterocycles. The summed E-state index contributed by atoms with van der Waals surface area (Å²) in [7, 11) is 1.23. The predicted molar refractivity (Wildman–Crippen MR) is 68.0 cm³/mol. The molecule has 0 fully saturated rings. The molecule has 0 spiro atoms. The number of ether oxygens (including phenoxy) is 1. The average Bonchev–Trinajstić information content (AvgIpc) is 2.34. The second-order valence-electron chi connectivity index (χ2n) is 4.40. The summed E-state index contributed by atoms with van der Waals surface area (Å²) >= 11 is 0. The molecule has 0 aliphatic carbocycles. The standard InChI is InChI=1S/C14H18O4/c1-7-8(2)10(4)14(17)13(9(7)3)11(15)6-12(16)18-5/h17H,6H2,1-5H3. The molecule has 0 saturated heterocycles. The minimum Gasteiger partial charge on any atom is -0.507 e. The Kier molecular flexibility index (Phi) is 4.11. The first-order valence-corrected chi connectivity index (χ1v) is 5.70. The van der Waals surface area contributed by atoms with E-state index in [1.807, 2.05) is 13.8 Å². The van der Waals surface area contributed by atoms with E-state index in [0.717, 1.165) is 11.1 Å². The van der Waals surface area contributed by atoms with Crippen LogP contribution in [-0.2, 0) is 9.53 Å². The van der Waals surface area contributed by atoms with Gasteiger partial charge in [0.05, 0.1) is 12.7 Å². The highest BCUT2D eigenvalue weighted by Crippen LogP contribution is 2.32. The van der Waals surface area contributed by atoms with Crippen molar-refractivity contribution in [2.45, 2.75) is 34.1 Å². The van der Waals surface area contributed by atoms with Gasteiger partial charge in [-0.15, -0.1) is 0 Å². The molecule has 0 unspecified atom stereocenters. The Balaban J connectivity index is 3.33. The number of aromatic hydroxyl groups is 1. The van der Waals surface area contributed by atoms with Crippen molar-refractivity contribution in [3.05, 3.63) is 27.8 Å². The van der Waals surface area contributed by atoms with Gasteiger partial charge in [-0.05, 0) is 49.9 Å². The SMILES string of the molecule is COC(=O)CC(=O)c1c(C)c(C)c(C)c(C)c1O. The van der Waals surface area contributed by atoms with Crippen LogP contribution in [0.3, 0.4) is 0 Å². The topological polar surface area (TPSA) is 63.6 Å². The van der Waals surface area contributed by atoms with E-state index in [2.05, 4.69) is 4.74 Å². The summed E-state index contributed by atoms with van der Waals surface area (Å²) in [4.78, 5) is 23.1. The van der Waals surface area contributed by atoms with Crippen LogP contribution in [0.1, 0.15) is 39.0 Å². The number of benzene rings is 1. The normalized spacial score (nSPS) is 10.3. The highest BCUT2D eigenvalue weighted by atomic mass is 16.5. The Labute approximate surface area is 107 Å². The summed E-state index contributed by atoms with van der Waals surface area (Å²) in [5.74, 6) is -1.05. The molecule has 0 aromatic heterocycles. The maximum atomic E-state index is 12.0. The van der Waals surface area contributed by atoms with Gasteiger partial charge in [0.25, 0.3) is 0 Å². The first-order valence-electron chi connectivity index (χ1n) is 5.70. The number of hydrogen-bond acceptors (Lipinski definition) is 4. The van der Waals surface area contributed by atoms with Crippen LogP contribution in [0.2, 0.25) is 0 Å². The lowest BCUT2D eigenvalue weighted by Crippen LogP contribution is -2.12. The summed E-state index contributed by atoms with van der Waals surface area (Å²) in [6, 6.07) is 0. The molecular weight excluding hydrogens is 232 g/mol. The first kappa shape index (κ1) is 14.2. The number of phenols is 1. The molecule has 4 heteroatoms. The molecule has 0 aliphatic heterocycles. The van der Waals surface area contributed by atoms with Gasteiger partial charge in [0.15, 0.2) is 5.78 Å². The lowest BCUT2D eigenvalue weighted by atomic mass is 9.90. The van der Waals surface area contributed by atoms with Gasteiger partial charge < -0.3 is 9.84 Å². The summed E-state index contributed by atoms with van der Waals surface area (Å²) in [5, 5.41) is 10.1. The third-order valence-electron chi connectivity index (χ3n) is 3.47. The Hall–Kier alpha value is -1.84. The Morgan fingerprint density at radius 1 is 1.00 bits per heavy atom. The van der Waals surface area contributed by atoms with Crippen molar-refractivity contribution in [3.63, 3.8) is 0 Å². The van der Waals surface area contributed by atoms with E-state index in [9.17, 15) is 14.7 Å². The van der Waals surface area contributed by atoms with Crippen molar-refractivity contribution in [1.29, 1.82) is 0 Å². The third kappa shape index (κ3) is 2.37. The molecule has 0 radical (unpaired) electrons. The minimum absolute atomic E-state index is 0.0375. The van der Waals surface area contributed by atoms with Crippen molar-refractivity contribution in [2.75, 3.05) is 7.11 Å². The largest absolute Gasteiger partial charge is 0.507 e. The van der Waals surface area contributed by atoms with Crippen molar-refractivity contribution in [1.82, 2.24) is 0 Å². The van der Waals surface area contributed by atoms with Crippen LogP contribution in [0.15, 0.2) is 0 Å². The van der Waals surface area contributed by atoms with Gasteiger partial charge in [-0.3, -0.25) is 9.59 Å². The van der Waals surface area contributed by atoms with Crippen LogP contribution in [0.4, 0.5) is 0 Å². The smallest absolute Gasteiger partial charge is 0.313 e. The average molecular weight is 250 g/mol. The number of phenolic OH excluding ortho intramolecular Hbond substituents is 1. The number of ketones is 1. The summed E-state index contributed by atoms with van der Waals surface area (Å²) < 4.78 is 4.46. The van der Waals surface area contributed by atoms with Gasteiger partial charge in [-0.1, -0.05) is 0 Å². The molecule has 0 aliphatic rings. The zero-order valence-corrected chi connectivity index (χ0v) is 11.4. The fourth-order valence-corrected chi connectivity index (χ4v) is 1.93. The van der Waals surface area contributed by atoms with Gasteiger partial charge in [-0.25, -0.2) is 0 Å². The van der Waals surface area contributed by atoms with Gasteiger partial charge in [0.1, 0.15) is 12.2 Å². The lowest BCUT2D eigenvalue weighted by molar-refractivity contribution is -0.139. The number of carbonyl (C=O) groups is 2.